The van der Waals surface area contributed by atoms with Crippen LogP contribution >= 0.6 is 0 Å². The van der Waals surface area contributed by atoms with Gasteiger partial charge in [0.2, 0.25) is 0 Å². The molecule has 4 N–H and O–H groups in total. The minimum absolute atomic E-state index is 0.0804. The van der Waals surface area contributed by atoms with Gasteiger partial charge in [0.25, 0.3) is 0 Å². The van der Waals surface area contributed by atoms with E-state index in [-0.39, 0.29) is 28.3 Å². The molecule has 1 aromatic carbocycles. The molecule has 0 atom stereocenters. The normalized spacial score (nSPS) is 9.84. The van der Waals surface area contributed by atoms with Gasteiger partial charge in [-0.2, -0.15) is 15.8 Å². The molecule has 0 fully saturated rings. The summed E-state index contributed by atoms with van der Waals surface area (Å²) in [6.07, 6.45) is 1.29. The van der Waals surface area contributed by atoms with E-state index >= 15 is 0 Å². The topological polar surface area (TPSA) is 138 Å². The maximum atomic E-state index is 9.32. The molecule has 6 heteroatoms. The summed E-state index contributed by atoms with van der Waals surface area (Å²) in [6.45, 7) is 0. The van der Waals surface area contributed by atoms with E-state index < -0.39 is 0 Å². The number of rotatable bonds is 2. The molecule has 1 rings (SSSR count). The van der Waals surface area contributed by atoms with Crippen LogP contribution in [0.5, 0.6) is 11.5 Å². The summed E-state index contributed by atoms with van der Waals surface area (Å²) in [5, 5.41) is 44.8. The van der Waals surface area contributed by atoms with E-state index in [4.69, 9.17) is 26.6 Å². The van der Waals surface area contributed by atoms with Gasteiger partial charge in [-0.05, 0) is 23.8 Å². The van der Waals surface area contributed by atoms with E-state index in [1.165, 1.54) is 24.3 Å². The first kappa shape index (κ1) is 13.6. The Morgan fingerprint density at radius 3 is 2.16 bits per heavy atom. The molecule has 0 aliphatic heterocycles. The molecule has 19 heavy (non-hydrogen) atoms. The first-order valence-electron chi connectivity index (χ1n) is 4.97. The number of phenolic OH excluding ortho intramolecular Hbond substituents is 2. The van der Waals surface area contributed by atoms with Gasteiger partial charge in [0.15, 0.2) is 17.1 Å². The number of allylic oxidation sites excluding steroid dienone is 2. The highest BCUT2D eigenvalue weighted by molar-refractivity contribution is 5.67. The van der Waals surface area contributed by atoms with Crippen molar-refractivity contribution in [2.75, 3.05) is 0 Å². The van der Waals surface area contributed by atoms with Crippen molar-refractivity contribution < 1.29 is 10.2 Å². The van der Waals surface area contributed by atoms with Gasteiger partial charge in [0.05, 0.1) is 11.3 Å². The quantitative estimate of drug-likeness (QED) is 0.411. The molecule has 0 amide bonds. The summed E-state index contributed by atoms with van der Waals surface area (Å²) in [4.78, 5) is 0. The van der Waals surface area contributed by atoms with Gasteiger partial charge in [0.1, 0.15) is 18.2 Å². The minimum Gasteiger partial charge on any atom is -0.504 e. The molecule has 0 unspecified atom stereocenters. The number of nitrogens with zero attached hydrogens (tertiary/aromatic N) is 3. The summed E-state index contributed by atoms with van der Waals surface area (Å²) in [6, 6.07) is 8.84. The maximum absolute atomic E-state index is 9.32. The van der Waals surface area contributed by atoms with Crippen LogP contribution in [-0.2, 0) is 0 Å². The second-order valence-electron chi connectivity index (χ2n) is 3.43. The lowest BCUT2D eigenvalue weighted by Crippen LogP contribution is -2.03. The molecular formula is C13H8N4O2. The Hall–Kier alpha value is -3.43. The van der Waals surface area contributed by atoms with Gasteiger partial charge in [-0.25, -0.2) is 0 Å². The SMILES string of the molecule is N#CC(C#N)=C(N)/C(C#N)=C/c1ccc(O)c(O)c1. The maximum Gasteiger partial charge on any atom is 0.157 e. The highest BCUT2D eigenvalue weighted by atomic mass is 16.3. The number of nitriles is 3. The molecular weight excluding hydrogens is 244 g/mol. The van der Waals surface area contributed by atoms with Crippen molar-refractivity contribution in [2.45, 2.75) is 0 Å². The fourth-order valence-electron chi connectivity index (χ4n) is 1.25. The molecule has 0 aliphatic rings. The molecule has 0 bridgehead atoms. The van der Waals surface area contributed by atoms with Gasteiger partial charge >= 0.3 is 0 Å². The molecule has 6 nitrogen and oxygen atoms in total. The third-order valence-corrected chi connectivity index (χ3v) is 2.21. The Balaban J connectivity index is 3.33. The van der Waals surface area contributed by atoms with Crippen molar-refractivity contribution in [3.8, 4) is 29.7 Å². The molecule has 0 heterocycles. The third kappa shape index (κ3) is 3.03. The molecule has 1 aromatic rings. The number of benzene rings is 1. The molecule has 0 aromatic heterocycles. The summed E-state index contributed by atoms with van der Waals surface area (Å²) < 4.78 is 0. The van der Waals surface area contributed by atoms with Gasteiger partial charge in [-0.3, -0.25) is 0 Å². The summed E-state index contributed by atoms with van der Waals surface area (Å²) in [7, 11) is 0. The van der Waals surface area contributed by atoms with E-state index in [9.17, 15) is 5.11 Å². The predicted octanol–water partition coefficient (Wildman–Crippen LogP) is 1.26. The lowest BCUT2D eigenvalue weighted by atomic mass is 10.1. The van der Waals surface area contributed by atoms with E-state index in [0.29, 0.717) is 5.56 Å². The number of phenols is 2. The second-order valence-corrected chi connectivity index (χ2v) is 3.43. The molecule has 0 saturated carbocycles. The van der Waals surface area contributed by atoms with Crippen LogP contribution in [0.1, 0.15) is 5.56 Å². The van der Waals surface area contributed by atoms with Gasteiger partial charge in [-0.15, -0.1) is 0 Å². The van der Waals surface area contributed by atoms with E-state index in [2.05, 4.69) is 0 Å². The van der Waals surface area contributed by atoms with Crippen molar-refractivity contribution in [1.82, 2.24) is 0 Å². The predicted molar refractivity (Wildman–Crippen MR) is 65.8 cm³/mol. The summed E-state index contributed by atoms with van der Waals surface area (Å²) >= 11 is 0. The summed E-state index contributed by atoms with van der Waals surface area (Å²) in [5.74, 6) is -0.650. The molecule has 0 spiro atoms. The van der Waals surface area contributed by atoms with Crippen LogP contribution in [-0.4, -0.2) is 10.2 Å². The van der Waals surface area contributed by atoms with E-state index in [1.807, 2.05) is 0 Å². The Bertz CT molecular complexity index is 681. The molecule has 92 valence electrons. The smallest absolute Gasteiger partial charge is 0.157 e. The first-order valence-corrected chi connectivity index (χ1v) is 4.97. The number of hydrogen-bond donors (Lipinski definition) is 3. The third-order valence-electron chi connectivity index (χ3n) is 2.21. The van der Waals surface area contributed by atoms with E-state index in [0.717, 1.165) is 0 Å². The van der Waals surface area contributed by atoms with Crippen LogP contribution in [0.15, 0.2) is 35.0 Å². The van der Waals surface area contributed by atoms with Crippen LogP contribution in [0.25, 0.3) is 6.08 Å². The minimum atomic E-state index is -0.365. The lowest BCUT2D eigenvalue weighted by molar-refractivity contribution is 0.403. The molecule has 0 aliphatic carbocycles. The first-order chi connectivity index (χ1) is 9.03. The zero-order chi connectivity index (χ0) is 14.4. The summed E-state index contributed by atoms with van der Waals surface area (Å²) in [5.41, 5.74) is 5.25. The second kappa shape index (κ2) is 5.77. The average molecular weight is 252 g/mol. The van der Waals surface area contributed by atoms with Crippen molar-refractivity contribution in [3.63, 3.8) is 0 Å². The standard InChI is InChI=1S/C13H8N4O2/c14-5-9(13(17)10(6-15)7-16)3-8-1-2-11(18)12(19)4-8/h1-4,18-19H,17H2/b9-3+. The van der Waals surface area contributed by atoms with Crippen LogP contribution < -0.4 is 5.73 Å². The van der Waals surface area contributed by atoms with Crippen LogP contribution in [0, 0.1) is 34.0 Å². The average Bonchev–Trinajstić information content (AvgIpc) is 2.41. The number of aromatic hydroxyl groups is 2. The van der Waals surface area contributed by atoms with E-state index in [1.54, 1.807) is 18.2 Å². The largest absolute Gasteiger partial charge is 0.504 e. The zero-order valence-corrected chi connectivity index (χ0v) is 9.62. The monoisotopic (exact) mass is 252 g/mol. The Morgan fingerprint density at radius 2 is 1.68 bits per heavy atom. The highest BCUT2D eigenvalue weighted by Crippen LogP contribution is 2.26. The van der Waals surface area contributed by atoms with Gasteiger partial charge in [0, 0.05) is 0 Å². The van der Waals surface area contributed by atoms with Crippen molar-refractivity contribution in [2.24, 2.45) is 5.73 Å². The Kier molecular flexibility index (Phi) is 4.14. The van der Waals surface area contributed by atoms with Crippen molar-refractivity contribution in [1.29, 1.82) is 15.8 Å². The number of nitrogens with two attached hydrogens (primary N) is 1. The van der Waals surface area contributed by atoms with Gasteiger partial charge in [-0.1, -0.05) is 6.07 Å². The van der Waals surface area contributed by atoms with Crippen molar-refractivity contribution in [3.05, 3.63) is 40.6 Å². The zero-order valence-electron chi connectivity index (χ0n) is 9.62. The fourth-order valence-corrected chi connectivity index (χ4v) is 1.25. The molecule has 0 radical (unpaired) electrons. The van der Waals surface area contributed by atoms with Gasteiger partial charge < -0.3 is 15.9 Å². The Labute approximate surface area is 109 Å². The van der Waals surface area contributed by atoms with Crippen LogP contribution in [0.3, 0.4) is 0 Å². The lowest BCUT2D eigenvalue weighted by Gasteiger charge is -2.01. The number of hydrogen-bond acceptors (Lipinski definition) is 6. The molecule has 0 saturated heterocycles. The van der Waals surface area contributed by atoms with Crippen LogP contribution in [0.4, 0.5) is 0 Å². The highest BCUT2D eigenvalue weighted by Gasteiger charge is 2.08. The van der Waals surface area contributed by atoms with Crippen LogP contribution in [0.2, 0.25) is 0 Å². The van der Waals surface area contributed by atoms with Crippen molar-refractivity contribution >= 4 is 6.08 Å². The fraction of sp³-hybridized carbons (Fsp3) is 0. The Morgan fingerprint density at radius 1 is 1.05 bits per heavy atom.